The van der Waals surface area contributed by atoms with Crippen LogP contribution in [0.1, 0.15) is 34.8 Å². The number of alkyl halides is 3. The monoisotopic (exact) mass is 437 g/mol. The van der Waals surface area contributed by atoms with Gasteiger partial charge in [0.2, 0.25) is 0 Å². The van der Waals surface area contributed by atoms with E-state index in [4.69, 9.17) is 11.6 Å². The van der Waals surface area contributed by atoms with Crippen LogP contribution in [0.2, 0.25) is 5.02 Å². The Hall–Kier alpha value is -2.68. The molecule has 4 rings (SSSR count). The molecule has 2 aliphatic heterocycles. The molecular weight excluding hydrogens is 419 g/mol. The lowest BCUT2D eigenvalue weighted by Crippen LogP contribution is -2.56. The maximum atomic E-state index is 13.2. The molecule has 3 heterocycles. The average Bonchev–Trinajstić information content (AvgIpc) is 3.13. The maximum absolute atomic E-state index is 13.2. The van der Waals surface area contributed by atoms with Gasteiger partial charge in [0.25, 0.3) is 5.91 Å². The van der Waals surface area contributed by atoms with Crippen molar-refractivity contribution in [1.82, 2.24) is 9.88 Å². The van der Waals surface area contributed by atoms with Gasteiger partial charge in [-0.05, 0) is 44.0 Å². The standard InChI is InChI=1S/C20H19ClF3N5O/c1-11-6-7-16(25-10-11)29-15-8-9-28(12(2)18(15)26-27-29)19(30)13-4-3-5-14(17(13)21)20(22,23)24/h3-7,10,12,15,18H,8-9H2,1-2H3. The van der Waals surface area contributed by atoms with Crippen molar-refractivity contribution in [3.8, 4) is 0 Å². The average molecular weight is 438 g/mol. The fraction of sp³-hybridized carbons (Fsp3) is 0.400. The molecule has 0 radical (unpaired) electrons. The highest BCUT2D eigenvalue weighted by Gasteiger charge is 2.45. The Morgan fingerprint density at radius 2 is 2.00 bits per heavy atom. The second-order valence-corrected chi connectivity index (χ2v) is 7.87. The summed E-state index contributed by atoms with van der Waals surface area (Å²) in [6.45, 7) is 4.11. The fourth-order valence-corrected chi connectivity index (χ4v) is 4.26. The Kier molecular flexibility index (Phi) is 5.17. The summed E-state index contributed by atoms with van der Waals surface area (Å²) in [5.41, 5.74) is -0.156. The first kappa shape index (κ1) is 20.6. The number of hydrogen-bond donors (Lipinski definition) is 0. The van der Waals surface area contributed by atoms with E-state index in [9.17, 15) is 18.0 Å². The van der Waals surface area contributed by atoms with Crippen LogP contribution in [0.25, 0.3) is 0 Å². The van der Waals surface area contributed by atoms with E-state index in [1.54, 1.807) is 11.2 Å². The van der Waals surface area contributed by atoms with Crippen LogP contribution >= 0.6 is 11.6 Å². The normalized spacial score (nSPS) is 23.6. The number of likely N-dealkylation sites (tertiary alicyclic amines) is 1. The van der Waals surface area contributed by atoms with Crippen LogP contribution in [-0.2, 0) is 6.18 Å². The summed E-state index contributed by atoms with van der Waals surface area (Å²) in [6.07, 6.45) is -2.33. The number of hydrogen-bond acceptors (Lipinski definition) is 5. The minimum absolute atomic E-state index is 0.0729. The van der Waals surface area contributed by atoms with Gasteiger partial charge in [-0.2, -0.15) is 18.3 Å². The van der Waals surface area contributed by atoms with E-state index in [-0.39, 0.29) is 23.7 Å². The van der Waals surface area contributed by atoms with Crippen molar-refractivity contribution < 1.29 is 18.0 Å². The number of fused-ring (bicyclic) bond motifs is 1. The molecule has 30 heavy (non-hydrogen) atoms. The molecule has 1 saturated heterocycles. The van der Waals surface area contributed by atoms with Crippen molar-refractivity contribution in [3.05, 3.63) is 58.2 Å². The number of pyridine rings is 1. The molecule has 1 aromatic carbocycles. The van der Waals surface area contributed by atoms with Gasteiger partial charge in [-0.25, -0.2) is 9.99 Å². The summed E-state index contributed by atoms with van der Waals surface area (Å²) >= 11 is 5.96. The van der Waals surface area contributed by atoms with Crippen molar-refractivity contribution in [1.29, 1.82) is 0 Å². The van der Waals surface area contributed by atoms with Crippen molar-refractivity contribution in [2.24, 2.45) is 10.3 Å². The van der Waals surface area contributed by atoms with Gasteiger partial charge in [0.1, 0.15) is 6.04 Å². The summed E-state index contributed by atoms with van der Waals surface area (Å²) in [4.78, 5) is 19.0. The summed E-state index contributed by atoms with van der Waals surface area (Å²) in [7, 11) is 0. The zero-order chi connectivity index (χ0) is 21.6. The molecule has 0 saturated carbocycles. The van der Waals surface area contributed by atoms with Gasteiger partial charge >= 0.3 is 6.18 Å². The molecule has 1 amide bonds. The van der Waals surface area contributed by atoms with Crippen molar-refractivity contribution in [2.45, 2.75) is 44.6 Å². The zero-order valence-corrected chi connectivity index (χ0v) is 17.0. The topological polar surface area (TPSA) is 61.2 Å². The van der Waals surface area contributed by atoms with Crippen LogP contribution in [0.4, 0.5) is 19.0 Å². The molecule has 6 nitrogen and oxygen atoms in total. The van der Waals surface area contributed by atoms with Crippen molar-refractivity contribution in [3.63, 3.8) is 0 Å². The van der Waals surface area contributed by atoms with Crippen LogP contribution in [-0.4, -0.2) is 40.5 Å². The van der Waals surface area contributed by atoms with Gasteiger partial charge in [-0.1, -0.05) is 29.0 Å². The molecular formula is C20H19ClF3N5O. The van der Waals surface area contributed by atoms with Gasteiger partial charge < -0.3 is 4.90 Å². The maximum Gasteiger partial charge on any atom is 0.417 e. The Balaban J connectivity index is 1.56. The molecule has 1 aromatic heterocycles. The number of anilines is 1. The van der Waals surface area contributed by atoms with Gasteiger partial charge in [0.15, 0.2) is 5.82 Å². The van der Waals surface area contributed by atoms with Crippen LogP contribution < -0.4 is 5.01 Å². The summed E-state index contributed by atoms with van der Waals surface area (Å²) in [5.74, 6) is 0.129. The van der Waals surface area contributed by atoms with Gasteiger partial charge in [-0.15, -0.1) is 0 Å². The molecule has 2 aliphatic rings. The number of aromatic nitrogens is 1. The van der Waals surface area contributed by atoms with E-state index in [2.05, 4.69) is 15.3 Å². The molecule has 3 unspecified atom stereocenters. The third-order valence-corrected chi connectivity index (χ3v) is 5.97. The Labute approximate surface area is 176 Å². The lowest BCUT2D eigenvalue weighted by Gasteiger charge is -2.40. The number of carbonyl (C=O) groups excluding carboxylic acids is 1. The molecule has 158 valence electrons. The van der Waals surface area contributed by atoms with Crippen LogP contribution in [0.3, 0.4) is 0 Å². The number of rotatable bonds is 2. The second-order valence-electron chi connectivity index (χ2n) is 7.49. The third kappa shape index (κ3) is 3.51. The van der Waals surface area contributed by atoms with Gasteiger partial charge in [0, 0.05) is 12.7 Å². The Morgan fingerprint density at radius 1 is 1.23 bits per heavy atom. The number of nitrogens with zero attached hydrogens (tertiary/aromatic N) is 5. The zero-order valence-electron chi connectivity index (χ0n) is 16.3. The largest absolute Gasteiger partial charge is 0.417 e. The number of benzene rings is 1. The quantitative estimate of drug-likeness (QED) is 0.669. The fourth-order valence-electron chi connectivity index (χ4n) is 3.94. The molecule has 0 spiro atoms. The lowest BCUT2D eigenvalue weighted by molar-refractivity contribution is -0.137. The molecule has 2 aromatic rings. The van der Waals surface area contributed by atoms with Gasteiger partial charge in [0.05, 0.1) is 28.2 Å². The molecule has 0 aliphatic carbocycles. The second kappa shape index (κ2) is 7.54. The van der Waals surface area contributed by atoms with E-state index >= 15 is 0 Å². The number of amides is 1. The van der Waals surface area contributed by atoms with Crippen molar-refractivity contribution in [2.75, 3.05) is 11.6 Å². The SMILES string of the molecule is Cc1ccc(N2N=NC3C(C)N(C(=O)c4cccc(C(F)(F)F)c4Cl)CCC32)nc1. The first-order valence-electron chi connectivity index (χ1n) is 9.48. The smallest absolute Gasteiger partial charge is 0.334 e. The Bertz CT molecular complexity index is 995. The predicted octanol–water partition coefficient (Wildman–Crippen LogP) is 4.92. The summed E-state index contributed by atoms with van der Waals surface area (Å²) in [5, 5.41) is 9.74. The highest BCUT2D eigenvalue weighted by molar-refractivity contribution is 6.34. The van der Waals surface area contributed by atoms with Crippen LogP contribution in [0, 0.1) is 6.92 Å². The molecule has 0 bridgehead atoms. The van der Waals surface area contributed by atoms with E-state index in [0.29, 0.717) is 18.8 Å². The molecule has 0 N–H and O–H groups in total. The highest BCUT2D eigenvalue weighted by atomic mass is 35.5. The minimum Gasteiger partial charge on any atom is -0.334 e. The van der Waals surface area contributed by atoms with Crippen LogP contribution in [0.5, 0.6) is 0 Å². The number of carbonyl (C=O) groups is 1. The molecule has 10 heteroatoms. The lowest BCUT2D eigenvalue weighted by atomic mass is 9.92. The first-order chi connectivity index (χ1) is 14.2. The predicted molar refractivity (Wildman–Crippen MR) is 105 cm³/mol. The van der Waals surface area contributed by atoms with Crippen LogP contribution in [0.15, 0.2) is 46.9 Å². The van der Waals surface area contributed by atoms with E-state index in [1.807, 2.05) is 26.0 Å². The van der Waals surface area contributed by atoms with E-state index in [1.165, 1.54) is 17.0 Å². The number of piperidine rings is 1. The summed E-state index contributed by atoms with van der Waals surface area (Å²) in [6, 6.07) is 6.43. The van der Waals surface area contributed by atoms with E-state index < -0.39 is 22.7 Å². The minimum atomic E-state index is -4.63. The first-order valence-corrected chi connectivity index (χ1v) is 9.85. The number of aryl methyl sites for hydroxylation is 1. The third-order valence-electron chi connectivity index (χ3n) is 5.57. The Morgan fingerprint density at radius 3 is 2.67 bits per heavy atom. The van der Waals surface area contributed by atoms with Crippen molar-refractivity contribution >= 4 is 23.3 Å². The van der Waals surface area contributed by atoms with E-state index in [0.717, 1.165) is 11.6 Å². The summed E-state index contributed by atoms with van der Waals surface area (Å²) < 4.78 is 39.5. The molecule has 3 atom stereocenters. The molecule has 1 fully saturated rings. The highest BCUT2D eigenvalue weighted by Crippen LogP contribution is 2.38. The number of halogens is 4. The van der Waals surface area contributed by atoms with Gasteiger partial charge in [-0.3, -0.25) is 4.79 Å².